The Kier molecular flexibility index (Phi) is 3.77. The summed E-state index contributed by atoms with van der Waals surface area (Å²) in [4.78, 5) is 13.8. The van der Waals surface area contributed by atoms with Gasteiger partial charge in [-0.1, -0.05) is 33.6 Å². The minimum atomic E-state index is -0.355. The lowest BCUT2D eigenvalue weighted by Crippen LogP contribution is -2.49. The molecule has 1 N–H and O–H groups in total. The molecule has 0 aromatic rings. The number of aliphatic hydroxyl groups is 1. The van der Waals surface area contributed by atoms with Gasteiger partial charge in [0.15, 0.2) is 0 Å². The molecule has 3 heteroatoms. The van der Waals surface area contributed by atoms with Crippen molar-refractivity contribution >= 4 is 5.91 Å². The molecule has 0 saturated heterocycles. The Morgan fingerprint density at radius 1 is 1.27 bits per heavy atom. The molecule has 1 saturated carbocycles. The molecule has 0 bridgehead atoms. The molecule has 0 spiro atoms. The number of hydrogen-bond donors (Lipinski definition) is 1. The largest absolute Gasteiger partial charge is 0.391 e. The zero-order valence-corrected chi connectivity index (χ0v) is 10.3. The van der Waals surface area contributed by atoms with E-state index in [2.05, 4.69) is 0 Å². The number of aliphatic hydroxyl groups excluding tert-OH is 1. The summed E-state index contributed by atoms with van der Waals surface area (Å²) in [6, 6.07) is 0.0190. The van der Waals surface area contributed by atoms with E-state index in [1.54, 1.807) is 4.90 Å². The molecule has 2 atom stereocenters. The van der Waals surface area contributed by atoms with Gasteiger partial charge in [0, 0.05) is 12.5 Å². The zero-order valence-electron chi connectivity index (χ0n) is 10.3. The van der Waals surface area contributed by atoms with Gasteiger partial charge >= 0.3 is 0 Å². The van der Waals surface area contributed by atoms with Gasteiger partial charge in [-0.3, -0.25) is 4.79 Å². The third-order valence-electron chi connectivity index (χ3n) is 3.15. The molecular weight excluding hydrogens is 190 g/mol. The van der Waals surface area contributed by atoms with Gasteiger partial charge < -0.3 is 10.0 Å². The highest BCUT2D eigenvalue weighted by molar-refractivity contribution is 5.81. The zero-order chi connectivity index (χ0) is 11.6. The fraction of sp³-hybridized carbons (Fsp3) is 0.917. The van der Waals surface area contributed by atoms with E-state index in [-0.39, 0.29) is 23.5 Å². The monoisotopic (exact) mass is 213 g/mol. The van der Waals surface area contributed by atoms with Crippen molar-refractivity contribution in [1.82, 2.24) is 4.90 Å². The molecule has 1 aliphatic rings. The van der Waals surface area contributed by atoms with Crippen LogP contribution < -0.4 is 0 Å². The van der Waals surface area contributed by atoms with Crippen molar-refractivity contribution in [3.63, 3.8) is 0 Å². The Hall–Kier alpha value is -0.570. The van der Waals surface area contributed by atoms with E-state index < -0.39 is 0 Å². The molecule has 1 rings (SSSR count). The summed E-state index contributed by atoms with van der Waals surface area (Å²) in [5.41, 5.74) is -0.355. The normalized spacial score (nSPS) is 27.5. The van der Waals surface area contributed by atoms with Crippen molar-refractivity contribution in [2.45, 2.75) is 58.6 Å². The van der Waals surface area contributed by atoms with Gasteiger partial charge in [0.05, 0.1) is 12.1 Å². The SMILES string of the molecule is CN(C(=O)C(C)(C)C)C1CCCCC1O. The average molecular weight is 213 g/mol. The van der Waals surface area contributed by atoms with Gasteiger partial charge in [-0.15, -0.1) is 0 Å². The molecular formula is C12H23NO2. The quantitative estimate of drug-likeness (QED) is 0.721. The van der Waals surface area contributed by atoms with Crippen LogP contribution in [0.15, 0.2) is 0 Å². The molecule has 1 fully saturated rings. The van der Waals surface area contributed by atoms with Gasteiger partial charge in [0.25, 0.3) is 0 Å². The van der Waals surface area contributed by atoms with E-state index in [4.69, 9.17) is 0 Å². The van der Waals surface area contributed by atoms with Crippen LogP contribution >= 0.6 is 0 Å². The highest BCUT2D eigenvalue weighted by atomic mass is 16.3. The van der Waals surface area contributed by atoms with Crippen LogP contribution in [0.2, 0.25) is 0 Å². The molecule has 3 nitrogen and oxygen atoms in total. The van der Waals surface area contributed by atoms with Crippen molar-refractivity contribution in [2.24, 2.45) is 5.41 Å². The van der Waals surface area contributed by atoms with E-state index in [0.717, 1.165) is 25.7 Å². The number of carbonyl (C=O) groups is 1. The summed E-state index contributed by atoms with van der Waals surface area (Å²) >= 11 is 0. The van der Waals surface area contributed by atoms with E-state index in [1.807, 2.05) is 27.8 Å². The predicted octanol–water partition coefficient (Wildman–Crippen LogP) is 1.79. The smallest absolute Gasteiger partial charge is 0.228 e. The highest BCUT2D eigenvalue weighted by Gasteiger charge is 2.33. The van der Waals surface area contributed by atoms with E-state index >= 15 is 0 Å². The summed E-state index contributed by atoms with van der Waals surface area (Å²) in [6.07, 6.45) is 3.61. The topological polar surface area (TPSA) is 40.5 Å². The number of nitrogens with zero attached hydrogens (tertiary/aromatic N) is 1. The molecule has 88 valence electrons. The molecule has 15 heavy (non-hydrogen) atoms. The third-order valence-corrected chi connectivity index (χ3v) is 3.15. The Bertz CT molecular complexity index is 232. The van der Waals surface area contributed by atoms with Crippen LogP contribution in [0.3, 0.4) is 0 Å². The molecule has 0 heterocycles. The van der Waals surface area contributed by atoms with E-state index in [1.165, 1.54) is 0 Å². The maximum Gasteiger partial charge on any atom is 0.228 e. The van der Waals surface area contributed by atoms with Crippen LogP contribution in [0.25, 0.3) is 0 Å². The van der Waals surface area contributed by atoms with Crippen molar-refractivity contribution < 1.29 is 9.90 Å². The van der Waals surface area contributed by atoms with Crippen LogP contribution in [0.4, 0.5) is 0 Å². The first kappa shape index (κ1) is 12.5. The molecule has 1 amide bonds. The molecule has 1 aliphatic carbocycles. The van der Waals surface area contributed by atoms with Gasteiger partial charge in [0.2, 0.25) is 5.91 Å². The molecule has 0 radical (unpaired) electrons. The maximum absolute atomic E-state index is 12.0. The first-order valence-corrected chi connectivity index (χ1v) is 5.79. The maximum atomic E-state index is 12.0. The van der Waals surface area contributed by atoms with Crippen LogP contribution in [0.1, 0.15) is 46.5 Å². The first-order valence-electron chi connectivity index (χ1n) is 5.79. The standard InChI is InChI=1S/C12H23NO2/c1-12(2,3)11(15)13(4)9-7-5-6-8-10(9)14/h9-10,14H,5-8H2,1-4H3. The summed E-state index contributed by atoms with van der Waals surface area (Å²) < 4.78 is 0. The van der Waals surface area contributed by atoms with Crippen molar-refractivity contribution in [2.75, 3.05) is 7.05 Å². The lowest BCUT2D eigenvalue weighted by atomic mass is 9.88. The van der Waals surface area contributed by atoms with Gasteiger partial charge in [-0.25, -0.2) is 0 Å². The highest BCUT2D eigenvalue weighted by Crippen LogP contribution is 2.26. The number of amides is 1. The number of carbonyl (C=O) groups excluding carboxylic acids is 1. The number of hydrogen-bond acceptors (Lipinski definition) is 2. The van der Waals surface area contributed by atoms with Gasteiger partial charge in [-0.05, 0) is 12.8 Å². The lowest BCUT2D eigenvalue weighted by Gasteiger charge is -2.38. The first-order chi connectivity index (χ1) is 6.84. The minimum absolute atomic E-state index is 0.0190. The van der Waals surface area contributed by atoms with Gasteiger partial charge in [0.1, 0.15) is 0 Å². The Balaban J connectivity index is 2.66. The summed E-state index contributed by atoms with van der Waals surface area (Å²) in [6.45, 7) is 5.75. The van der Waals surface area contributed by atoms with Gasteiger partial charge in [-0.2, -0.15) is 0 Å². The fourth-order valence-electron chi connectivity index (χ4n) is 2.22. The van der Waals surface area contributed by atoms with Crippen LogP contribution in [-0.2, 0) is 4.79 Å². The fourth-order valence-corrected chi connectivity index (χ4v) is 2.22. The van der Waals surface area contributed by atoms with E-state index in [9.17, 15) is 9.90 Å². The molecule has 0 aromatic heterocycles. The third kappa shape index (κ3) is 2.94. The molecule has 2 unspecified atom stereocenters. The number of likely N-dealkylation sites (N-methyl/N-ethyl adjacent to an activating group) is 1. The average Bonchev–Trinajstić information content (AvgIpc) is 2.15. The molecule has 0 aliphatic heterocycles. The van der Waals surface area contributed by atoms with Crippen LogP contribution in [0, 0.1) is 5.41 Å². The van der Waals surface area contributed by atoms with Crippen LogP contribution in [-0.4, -0.2) is 35.1 Å². The predicted molar refractivity (Wildman–Crippen MR) is 60.5 cm³/mol. The minimum Gasteiger partial charge on any atom is -0.391 e. The van der Waals surface area contributed by atoms with Crippen LogP contribution in [0.5, 0.6) is 0 Å². The Labute approximate surface area is 92.5 Å². The second-order valence-electron chi connectivity index (χ2n) is 5.59. The van der Waals surface area contributed by atoms with E-state index in [0.29, 0.717) is 0 Å². The second-order valence-corrected chi connectivity index (χ2v) is 5.59. The summed E-state index contributed by atoms with van der Waals surface area (Å²) in [5, 5.41) is 9.86. The van der Waals surface area contributed by atoms with Crippen molar-refractivity contribution in [1.29, 1.82) is 0 Å². The second kappa shape index (κ2) is 4.52. The Morgan fingerprint density at radius 3 is 2.27 bits per heavy atom. The van der Waals surface area contributed by atoms with Crippen molar-refractivity contribution in [3.8, 4) is 0 Å². The summed E-state index contributed by atoms with van der Waals surface area (Å²) in [7, 11) is 1.81. The lowest BCUT2D eigenvalue weighted by molar-refractivity contribution is -0.143. The molecule has 0 aromatic carbocycles. The summed E-state index contributed by atoms with van der Waals surface area (Å²) in [5.74, 6) is 0.119. The van der Waals surface area contributed by atoms with Crippen molar-refractivity contribution in [3.05, 3.63) is 0 Å². The Morgan fingerprint density at radius 2 is 1.80 bits per heavy atom. The number of rotatable bonds is 1.